The molecule has 1 saturated heterocycles. The Morgan fingerprint density at radius 3 is 3.08 bits per heavy atom. The maximum atomic E-state index is 10.6. The molecule has 1 aliphatic rings. The minimum Gasteiger partial charge on any atom is -0.342 e. The van der Waals surface area contributed by atoms with Crippen LogP contribution in [0.15, 0.2) is 0 Å². The zero-order valence-corrected chi connectivity index (χ0v) is 7.20. The van der Waals surface area contributed by atoms with Gasteiger partial charge in [0.2, 0.25) is 6.41 Å². The number of likely N-dealkylation sites (tertiary alicyclic amines) is 1. The smallest absolute Gasteiger partial charge is 0.209 e. The van der Waals surface area contributed by atoms with Crippen molar-refractivity contribution >= 4 is 6.41 Å². The molecule has 1 rings (SSSR count). The molecule has 1 heterocycles. The maximum absolute atomic E-state index is 10.6. The van der Waals surface area contributed by atoms with Crippen LogP contribution >= 0.6 is 0 Å². The van der Waals surface area contributed by atoms with E-state index in [1.807, 2.05) is 4.90 Å². The van der Waals surface area contributed by atoms with Crippen LogP contribution in [0.2, 0.25) is 0 Å². The Hall–Kier alpha value is -1.04. The van der Waals surface area contributed by atoms with Crippen molar-refractivity contribution in [2.75, 3.05) is 6.54 Å². The quantitative estimate of drug-likeness (QED) is 0.593. The van der Waals surface area contributed by atoms with Crippen molar-refractivity contribution in [2.45, 2.75) is 38.1 Å². The fourth-order valence-corrected chi connectivity index (χ4v) is 1.70. The maximum Gasteiger partial charge on any atom is 0.209 e. The number of rotatable bonds is 3. The minimum absolute atomic E-state index is 0.330. The lowest BCUT2D eigenvalue weighted by molar-refractivity contribution is -0.121. The first-order valence-corrected chi connectivity index (χ1v) is 4.46. The molecule has 3 nitrogen and oxygen atoms in total. The average molecular weight is 166 g/mol. The van der Waals surface area contributed by atoms with Crippen LogP contribution in [0.1, 0.15) is 32.1 Å². The zero-order valence-electron chi connectivity index (χ0n) is 7.20. The summed E-state index contributed by atoms with van der Waals surface area (Å²) in [6, 6.07) is 2.45. The van der Waals surface area contributed by atoms with Crippen LogP contribution in [0.25, 0.3) is 0 Å². The Kier molecular flexibility index (Phi) is 3.59. The van der Waals surface area contributed by atoms with Crippen molar-refractivity contribution in [3.63, 3.8) is 0 Å². The van der Waals surface area contributed by atoms with Gasteiger partial charge in [-0.3, -0.25) is 4.79 Å². The van der Waals surface area contributed by atoms with E-state index >= 15 is 0 Å². The fourth-order valence-electron chi connectivity index (χ4n) is 1.70. The Balaban J connectivity index is 2.37. The predicted octanol–water partition coefficient (Wildman–Crippen LogP) is 1.30. The Morgan fingerprint density at radius 1 is 1.58 bits per heavy atom. The minimum atomic E-state index is 0.330. The molecule has 0 aliphatic carbocycles. The van der Waals surface area contributed by atoms with E-state index in [0.29, 0.717) is 12.5 Å². The second kappa shape index (κ2) is 4.76. The summed E-state index contributed by atoms with van der Waals surface area (Å²) in [6.45, 7) is 0.875. The summed E-state index contributed by atoms with van der Waals surface area (Å²) < 4.78 is 0. The molecule has 0 bridgehead atoms. The summed E-state index contributed by atoms with van der Waals surface area (Å²) in [5.41, 5.74) is 0. The highest BCUT2D eigenvalue weighted by atomic mass is 16.1. The summed E-state index contributed by atoms with van der Waals surface area (Å²) in [4.78, 5) is 12.4. The lowest BCUT2D eigenvalue weighted by atomic mass is 9.99. The standard InChI is InChI=1S/C9H14N2O/c10-6-3-5-9-4-1-2-7-11(9)8-12/h8-9H,1-5,7H2. The van der Waals surface area contributed by atoms with Crippen LogP contribution in [0, 0.1) is 11.3 Å². The van der Waals surface area contributed by atoms with Crippen LogP contribution in [-0.4, -0.2) is 23.9 Å². The van der Waals surface area contributed by atoms with Crippen LogP contribution < -0.4 is 0 Å². The first-order chi connectivity index (χ1) is 5.88. The molecule has 0 N–H and O–H groups in total. The third-order valence-corrected chi connectivity index (χ3v) is 2.40. The molecule has 1 atom stereocenters. The van der Waals surface area contributed by atoms with Crippen molar-refractivity contribution < 1.29 is 4.79 Å². The van der Waals surface area contributed by atoms with E-state index in [9.17, 15) is 4.79 Å². The molecular formula is C9H14N2O. The third-order valence-electron chi connectivity index (χ3n) is 2.40. The molecule has 3 heteroatoms. The molecule has 66 valence electrons. The van der Waals surface area contributed by atoms with Crippen molar-refractivity contribution in [2.24, 2.45) is 0 Å². The number of carbonyl (C=O) groups excluding carboxylic acids is 1. The van der Waals surface area contributed by atoms with Gasteiger partial charge in [0.1, 0.15) is 0 Å². The SMILES string of the molecule is N#CCCC1CCCCN1C=O. The van der Waals surface area contributed by atoms with Gasteiger partial charge in [0, 0.05) is 19.0 Å². The van der Waals surface area contributed by atoms with Crippen LogP contribution in [0.4, 0.5) is 0 Å². The highest BCUT2D eigenvalue weighted by molar-refractivity contribution is 5.47. The average Bonchev–Trinajstić information content (AvgIpc) is 2.15. The summed E-state index contributed by atoms with van der Waals surface area (Å²) in [7, 11) is 0. The first kappa shape index (κ1) is 9.05. The molecule has 0 radical (unpaired) electrons. The van der Waals surface area contributed by atoms with E-state index in [4.69, 9.17) is 5.26 Å². The van der Waals surface area contributed by atoms with Crippen LogP contribution in [0.5, 0.6) is 0 Å². The number of carbonyl (C=O) groups is 1. The van der Waals surface area contributed by atoms with Crippen LogP contribution in [0.3, 0.4) is 0 Å². The molecular weight excluding hydrogens is 152 g/mol. The number of nitrogens with zero attached hydrogens (tertiary/aromatic N) is 2. The van der Waals surface area contributed by atoms with Gasteiger partial charge in [0.25, 0.3) is 0 Å². The number of hydrogen-bond acceptors (Lipinski definition) is 2. The van der Waals surface area contributed by atoms with Crippen LogP contribution in [-0.2, 0) is 4.79 Å². The van der Waals surface area contributed by atoms with E-state index in [2.05, 4.69) is 6.07 Å². The van der Waals surface area contributed by atoms with Gasteiger partial charge >= 0.3 is 0 Å². The number of piperidine rings is 1. The molecule has 0 aromatic rings. The van der Waals surface area contributed by atoms with Gasteiger partial charge in [-0.25, -0.2) is 0 Å². The number of hydrogen-bond donors (Lipinski definition) is 0. The van der Waals surface area contributed by atoms with E-state index in [-0.39, 0.29) is 0 Å². The Morgan fingerprint density at radius 2 is 2.42 bits per heavy atom. The summed E-state index contributed by atoms with van der Waals surface area (Å²) in [6.07, 6.45) is 5.70. The lowest BCUT2D eigenvalue weighted by Crippen LogP contribution is -2.38. The number of amides is 1. The zero-order chi connectivity index (χ0) is 8.81. The molecule has 0 aromatic heterocycles. The number of nitriles is 1. The summed E-state index contributed by atoms with van der Waals surface area (Å²) in [5.74, 6) is 0. The monoisotopic (exact) mass is 166 g/mol. The Labute approximate surface area is 73.0 Å². The second-order valence-electron chi connectivity index (χ2n) is 3.19. The van der Waals surface area contributed by atoms with Gasteiger partial charge < -0.3 is 4.90 Å². The first-order valence-electron chi connectivity index (χ1n) is 4.46. The molecule has 1 aliphatic heterocycles. The molecule has 12 heavy (non-hydrogen) atoms. The molecule has 1 amide bonds. The molecule has 0 aromatic carbocycles. The highest BCUT2D eigenvalue weighted by Crippen LogP contribution is 2.18. The summed E-state index contributed by atoms with van der Waals surface area (Å²) >= 11 is 0. The molecule has 0 spiro atoms. The molecule has 1 unspecified atom stereocenters. The topological polar surface area (TPSA) is 44.1 Å². The largest absolute Gasteiger partial charge is 0.342 e. The van der Waals surface area contributed by atoms with Gasteiger partial charge in [0.15, 0.2) is 0 Å². The van der Waals surface area contributed by atoms with E-state index in [0.717, 1.165) is 32.2 Å². The molecule has 0 saturated carbocycles. The fraction of sp³-hybridized carbons (Fsp3) is 0.778. The molecule has 1 fully saturated rings. The van der Waals surface area contributed by atoms with Gasteiger partial charge in [-0.15, -0.1) is 0 Å². The van der Waals surface area contributed by atoms with Crippen molar-refractivity contribution in [1.82, 2.24) is 4.90 Å². The van der Waals surface area contributed by atoms with Gasteiger partial charge in [-0.2, -0.15) is 5.26 Å². The Bertz CT molecular complexity index is 185. The van der Waals surface area contributed by atoms with Gasteiger partial charge in [-0.1, -0.05) is 0 Å². The van der Waals surface area contributed by atoms with E-state index in [1.165, 1.54) is 6.42 Å². The highest BCUT2D eigenvalue weighted by Gasteiger charge is 2.19. The summed E-state index contributed by atoms with van der Waals surface area (Å²) in [5, 5.41) is 8.40. The predicted molar refractivity (Wildman–Crippen MR) is 45.3 cm³/mol. The van der Waals surface area contributed by atoms with Crippen molar-refractivity contribution in [3.8, 4) is 6.07 Å². The van der Waals surface area contributed by atoms with Crippen molar-refractivity contribution in [3.05, 3.63) is 0 Å². The second-order valence-corrected chi connectivity index (χ2v) is 3.19. The van der Waals surface area contributed by atoms with E-state index < -0.39 is 0 Å². The van der Waals surface area contributed by atoms with E-state index in [1.54, 1.807) is 0 Å². The van der Waals surface area contributed by atoms with Gasteiger partial charge in [-0.05, 0) is 25.7 Å². The third kappa shape index (κ3) is 2.23. The normalized spacial score (nSPS) is 23.2. The van der Waals surface area contributed by atoms with Crippen molar-refractivity contribution in [1.29, 1.82) is 5.26 Å². The lowest BCUT2D eigenvalue weighted by Gasteiger charge is -2.32. The van der Waals surface area contributed by atoms with Gasteiger partial charge in [0.05, 0.1) is 6.07 Å².